The van der Waals surface area contributed by atoms with Crippen LogP contribution in [0.5, 0.6) is 0 Å². The molecule has 1 aliphatic heterocycles. The Hall–Kier alpha value is -2.48. The molecule has 8 heteroatoms. The van der Waals surface area contributed by atoms with Crippen LogP contribution in [-0.2, 0) is 4.79 Å². The molecule has 3 heterocycles. The second-order valence-electron chi connectivity index (χ2n) is 5.05. The summed E-state index contributed by atoms with van der Waals surface area (Å²) in [6.07, 6.45) is 0.520. The number of carbonyl (C=O) groups is 2. The molecule has 0 unspecified atom stereocenters. The van der Waals surface area contributed by atoms with Crippen molar-refractivity contribution in [3.8, 4) is 0 Å². The number of amides is 1. The van der Waals surface area contributed by atoms with E-state index in [0.29, 0.717) is 16.8 Å². The first-order valence-corrected chi connectivity index (χ1v) is 6.41. The van der Waals surface area contributed by atoms with E-state index in [4.69, 9.17) is 9.63 Å². The molecule has 3 rings (SSSR count). The molecule has 110 valence electrons. The summed E-state index contributed by atoms with van der Waals surface area (Å²) in [6, 6.07) is 0.548. The minimum atomic E-state index is -1.13. The van der Waals surface area contributed by atoms with Crippen molar-refractivity contribution in [2.24, 2.45) is 0 Å². The summed E-state index contributed by atoms with van der Waals surface area (Å²) < 4.78 is 4.97. The molecule has 1 aliphatic rings. The van der Waals surface area contributed by atoms with Gasteiger partial charge in [-0.2, -0.15) is 0 Å². The van der Waals surface area contributed by atoms with Gasteiger partial charge in [0.05, 0.1) is 22.7 Å². The van der Waals surface area contributed by atoms with Crippen LogP contribution in [0.2, 0.25) is 0 Å². The average molecular weight is 291 g/mol. The van der Waals surface area contributed by atoms with Crippen LogP contribution in [0.4, 0.5) is 0 Å². The summed E-state index contributed by atoms with van der Waals surface area (Å²) in [5.74, 6) is -1.61. The number of carbonyl (C=O) groups excluding carboxylic acids is 1. The maximum atomic E-state index is 12.4. The molecule has 0 spiro atoms. The van der Waals surface area contributed by atoms with Crippen molar-refractivity contribution >= 4 is 23.0 Å². The lowest BCUT2D eigenvalue weighted by molar-refractivity contribution is -0.141. The maximum absolute atomic E-state index is 12.4. The highest BCUT2D eigenvalue weighted by Crippen LogP contribution is 2.23. The zero-order valence-electron chi connectivity index (χ0n) is 11.2. The molecule has 0 radical (unpaired) electrons. The Morgan fingerprint density at radius 3 is 2.95 bits per heavy atom. The lowest BCUT2D eigenvalue weighted by Crippen LogP contribution is -2.40. The van der Waals surface area contributed by atoms with E-state index in [1.54, 1.807) is 13.0 Å². The van der Waals surface area contributed by atoms with E-state index in [9.17, 15) is 14.7 Å². The van der Waals surface area contributed by atoms with Crippen molar-refractivity contribution in [2.75, 3.05) is 6.54 Å². The van der Waals surface area contributed by atoms with E-state index < -0.39 is 24.0 Å². The van der Waals surface area contributed by atoms with Crippen molar-refractivity contribution in [2.45, 2.75) is 25.5 Å². The highest BCUT2D eigenvalue weighted by atomic mass is 16.5. The van der Waals surface area contributed by atoms with Crippen LogP contribution >= 0.6 is 0 Å². The Kier molecular flexibility index (Phi) is 3.09. The number of hydrogen-bond acceptors (Lipinski definition) is 6. The lowest BCUT2D eigenvalue weighted by atomic mass is 10.1. The molecule has 2 aromatic heterocycles. The highest BCUT2D eigenvalue weighted by Gasteiger charge is 2.39. The van der Waals surface area contributed by atoms with Gasteiger partial charge in [-0.15, -0.1) is 0 Å². The summed E-state index contributed by atoms with van der Waals surface area (Å²) in [7, 11) is 0. The average Bonchev–Trinajstić information content (AvgIpc) is 3.02. The number of aliphatic hydroxyl groups is 1. The van der Waals surface area contributed by atoms with Crippen LogP contribution in [-0.4, -0.2) is 55.8 Å². The Morgan fingerprint density at radius 2 is 2.24 bits per heavy atom. The van der Waals surface area contributed by atoms with Gasteiger partial charge >= 0.3 is 5.97 Å². The molecule has 8 nitrogen and oxygen atoms in total. The van der Waals surface area contributed by atoms with Gasteiger partial charge in [0.2, 0.25) is 0 Å². The first-order valence-electron chi connectivity index (χ1n) is 6.41. The van der Waals surface area contributed by atoms with Crippen molar-refractivity contribution in [3.05, 3.63) is 23.5 Å². The molecule has 0 saturated carbocycles. The van der Waals surface area contributed by atoms with E-state index in [0.717, 1.165) is 4.90 Å². The van der Waals surface area contributed by atoms with Crippen molar-refractivity contribution in [1.82, 2.24) is 15.0 Å². The summed E-state index contributed by atoms with van der Waals surface area (Å²) >= 11 is 0. The van der Waals surface area contributed by atoms with Gasteiger partial charge in [0.1, 0.15) is 6.04 Å². The SMILES string of the molecule is Cc1noc2ncc(C(=O)N3C[C@H](O)C[C@@H]3C(=O)O)cc12. The van der Waals surface area contributed by atoms with Crippen LogP contribution in [0.15, 0.2) is 16.8 Å². The number of carboxylic acids is 1. The van der Waals surface area contributed by atoms with E-state index in [1.807, 2.05) is 0 Å². The number of fused-ring (bicyclic) bond motifs is 1. The summed E-state index contributed by atoms with van der Waals surface area (Å²) in [5, 5.41) is 23.1. The number of pyridine rings is 1. The van der Waals surface area contributed by atoms with Crippen LogP contribution in [0.3, 0.4) is 0 Å². The van der Waals surface area contributed by atoms with Crippen molar-refractivity contribution in [3.63, 3.8) is 0 Å². The second-order valence-corrected chi connectivity index (χ2v) is 5.05. The molecule has 1 saturated heterocycles. The number of nitrogens with zero attached hydrogens (tertiary/aromatic N) is 3. The van der Waals surface area contributed by atoms with Crippen LogP contribution < -0.4 is 0 Å². The molecular weight excluding hydrogens is 278 g/mol. The summed E-state index contributed by atoms with van der Waals surface area (Å²) in [4.78, 5) is 28.8. The fourth-order valence-corrected chi connectivity index (χ4v) is 2.50. The molecule has 1 amide bonds. The standard InChI is InChI=1S/C13H13N3O5/c1-6-9-2-7(4-14-11(9)21-15-6)12(18)16-5-8(17)3-10(16)13(19)20/h2,4,8,10,17H,3,5H2,1H3,(H,19,20)/t8-,10-/m1/s1. The molecule has 2 atom stereocenters. The minimum absolute atomic E-state index is 0.00352. The highest BCUT2D eigenvalue weighted by molar-refractivity contribution is 5.99. The van der Waals surface area contributed by atoms with Gasteiger partial charge in [-0.25, -0.2) is 9.78 Å². The maximum Gasteiger partial charge on any atom is 0.326 e. The quantitative estimate of drug-likeness (QED) is 0.811. The number of aromatic nitrogens is 2. The van der Waals surface area contributed by atoms with Gasteiger partial charge < -0.3 is 19.6 Å². The normalized spacial score (nSPS) is 21.9. The van der Waals surface area contributed by atoms with Crippen molar-refractivity contribution in [1.29, 1.82) is 0 Å². The van der Waals surface area contributed by atoms with Crippen LogP contribution in [0, 0.1) is 6.92 Å². The number of likely N-dealkylation sites (tertiary alicyclic amines) is 1. The number of hydrogen-bond donors (Lipinski definition) is 2. The largest absolute Gasteiger partial charge is 0.480 e. The first kappa shape index (κ1) is 13.5. The number of aliphatic carboxylic acids is 1. The molecule has 2 aromatic rings. The summed E-state index contributed by atoms with van der Waals surface area (Å²) in [6.45, 7) is 1.72. The topological polar surface area (TPSA) is 117 Å². The smallest absolute Gasteiger partial charge is 0.326 e. The molecule has 0 bridgehead atoms. The van der Waals surface area contributed by atoms with Crippen LogP contribution in [0.1, 0.15) is 22.5 Å². The Labute approximate surface area is 119 Å². The van der Waals surface area contributed by atoms with Gasteiger partial charge in [0, 0.05) is 19.2 Å². The number of aryl methyl sites for hydroxylation is 1. The predicted octanol–water partition coefficient (Wildman–Crippen LogP) is 0.191. The number of aliphatic hydroxyl groups excluding tert-OH is 1. The predicted molar refractivity (Wildman–Crippen MR) is 69.6 cm³/mol. The number of rotatable bonds is 2. The molecule has 0 aromatic carbocycles. The number of carboxylic acid groups (broad SMARTS) is 1. The van der Waals surface area contributed by atoms with Gasteiger partial charge in [0.25, 0.3) is 11.6 Å². The van der Waals surface area contributed by atoms with Gasteiger partial charge in [-0.05, 0) is 13.0 Å². The van der Waals surface area contributed by atoms with E-state index in [1.165, 1.54) is 6.20 Å². The Morgan fingerprint density at radius 1 is 1.48 bits per heavy atom. The molecule has 0 aliphatic carbocycles. The fourth-order valence-electron chi connectivity index (χ4n) is 2.50. The zero-order chi connectivity index (χ0) is 15.1. The lowest BCUT2D eigenvalue weighted by Gasteiger charge is -2.20. The van der Waals surface area contributed by atoms with Gasteiger partial charge in [-0.1, -0.05) is 5.16 Å². The van der Waals surface area contributed by atoms with Crippen LogP contribution in [0.25, 0.3) is 11.1 Å². The third-order valence-corrected chi connectivity index (χ3v) is 3.58. The van der Waals surface area contributed by atoms with E-state index in [-0.39, 0.29) is 18.5 Å². The number of β-amino-alcohol motifs (C(OH)–C–C–N with tert-alkyl or cyclic N) is 1. The van der Waals surface area contributed by atoms with Gasteiger partial charge in [0.15, 0.2) is 0 Å². The zero-order valence-corrected chi connectivity index (χ0v) is 11.2. The minimum Gasteiger partial charge on any atom is -0.480 e. The molecular formula is C13H13N3O5. The second kappa shape index (κ2) is 4.81. The fraction of sp³-hybridized carbons (Fsp3) is 0.385. The molecule has 2 N–H and O–H groups in total. The third-order valence-electron chi connectivity index (χ3n) is 3.58. The molecule has 21 heavy (non-hydrogen) atoms. The third kappa shape index (κ3) is 2.23. The van der Waals surface area contributed by atoms with E-state index >= 15 is 0 Å². The Balaban J connectivity index is 1.95. The van der Waals surface area contributed by atoms with E-state index in [2.05, 4.69) is 10.1 Å². The van der Waals surface area contributed by atoms with Gasteiger partial charge in [-0.3, -0.25) is 4.79 Å². The Bertz CT molecular complexity index is 726. The molecule has 1 fully saturated rings. The first-order chi connectivity index (χ1) is 9.97. The monoisotopic (exact) mass is 291 g/mol. The summed E-state index contributed by atoms with van der Waals surface area (Å²) in [5.41, 5.74) is 1.16. The van der Waals surface area contributed by atoms with Crippen molar-refractivity contribution < 1.29 is 24.3 Å².